The molecule has 7 nitrogen and oxygen atoms in total. The molecule has 3 heterocycles. The summed E-state index contributed by atoms with van der Waals surface area (Å²) in [6.07, 6.45) is 5.03. The smallest absolute Gasteiger partial charge is 0.163 e. The van der Waals surface area contributed by atoms with E-state index >= 15 is 0 Å². The van der Waals surface area contributed by atoms with Gasteiger partial charge in [0.2, 0.25) is 0 Å². The van der Waals surface area contributed by atoms with Gasteiger partial charge in [-0.2, -0.15) is 5.10 Å². The van der Waals surface area contributed by atoms with E-state index in [0.717, 1.165) is 42.7 Å². The van der Waals surface area contributed by atoms with E-state index < -0.39 is 11.0 Å². The number of nitrogens with two attached hydrogens (primary N) is 1. The van der Waals surface area contributed by atoms with Crippen LogP contribution in [0.4, 0.5) is 5.82 Å². The highest BCUT2D eigenvalue weighted by Gasteiger charge is 2.25. The van der Waals surface area contributed by atoms with Gasteiger partial charge < -0.3 is 5.73 Å². The normalized spacial score (nSPS) is 19.5. The third kappa shape index (κ3) is 2.18. The summed E-state index contributed by atoms with van der Waals surface area (Å²) in [4.78, 5) is 8.35. The zero-order valence-electron chi connectivity index (χ0n) is 11.6. The highest BCUT2D eigenvalue weighted by Crippen LogP contribution is 2.28. The SMILES string of the molecule is Cc1nn(C2CCN(S(C)=O)CC2)c2ncnc(N)c12. The summed E-state index contributed by atoms with van der Waals surface area (Å²) in [7, 11) is -0.891. The van der Waals surface area contributed by atoms with E-state index in [9.17, 15) is 4.21 Å². The van der Waals surface area contributed by atoms with E-state index in [1.54, 1.807) is 6.26 Å². The van der Waals surface area contributed by atoms with Crippen LogP contribution in [0.3, 0.4) is 0 Å². The van der Waals surface area contributed by atoms with Crippen molar-refractivity contribution < 1.29 is 4.21 Å². The molecular formula is C12H18N6OS. The Morgan fingerprint density at radius 2 is 2.05 bits per heavy atom. The van der Waals surface area contributed by atoms with Crippen LogP contribution in [0.2, 0.25) is 0 Å². The molecule has 0 amide bonds. The van der Waals surface area contributed by atoms with Crippen LogP contribution in [0.5, 0.6) is 0 Å². The second-order valence-electron chi connectivity index (χ2n) is 5.07. The summed E-state index contributed by atoms with van der Waals surface area (Å²) in [6, 6.07) is 0.278. The van der Waals surface area contributed by atoms with Crippen LogP contribution < -0.4 is 5.73 Å². The number of anilines is 1. The van der Waals surface area contributed by atoms with E-state index in [0.29, 0.717) is 5.82 Å². The van der Waals surface area contributed by atoms with Gasteiger partial charge in [0.1, 0.15) is 12.1 Å². The molecule has 0 spiro atoms. The van der Waals surface area contributed by atoms with E-state index in [1.807, 2.05) is 15.9 Å². The molecule has 2 N–H and O–H groups in total. The first kappa shape index (κ1) is 13.4. The predicted octanol–water partition coefficient (Wildman–Crippen LogP) is 0.647. The third-order valence-corrected chi connectivity index (χ3v) is 4.92. The first-order valence-electron chi connectivity index (χ1n) is 6.61. The minimum Gasteiger partial charge on any atom is -0.383 e. The summed E-state index contributed by atoms with van der Waals surface area (Å²) >= 11 is 0. The van der Waals surface area contributed by atoms with Crippen molar-refractivity contribution in [3.8, 4) is 0 Å². The van der Waals surface area contributed by atoms with E-state index in [-0.39, 0.29) is 6.04 Å². The van der Waals surface area contributed by atoms with Crippen molar-refractivity contribution in [2.75, 3.05) is 25.1 Å². The second-order valence-corrected chi connectivity index (χ2v) is 6.44. The van der Waals surface area contributed by atoms with Gasteiger partial charge in [0.25, 0.3) is 0 Å². The maximum Gasteiger partial charge on any atom is 0.163 e. The molecule has 1 saturated heterocycles. The Labute approximate surface area is 119 Å². The molecule has 2 aromatic rings. The van der Waals surface area contributed by atoms with Crippen molar-refractivity contribution in [2.24, 2.45) is 0 Å². The topological polar surface area (TPSA) is 89.9 Å². The Morgan fingerprint density at radius 3 is 2.70 bits per heavy atom. The number of hydrogen-bond acceptors (Lipinski definition) is 5. The minimum absolute atomic E-state index is 0.278. The zero-order chi connectivity index (χ0) is 14.3. The molecule has 1 unspecified atom stereocenters. The van der Waals surface area contributed by atoms with Gasteiger partial charge in [0.15, 0.2) is 5.65 Å². The maximum absolute atomic E-state index is 11.5. The molecule has 0 aliphatic carbocycles. The summed E-state index contributed by atoms with van der Waals surface area (Å²) in [6.45, 7) is 3.55. The van der Waals surface area contributed by atoms with Crippen LogP contribution in [0.1, 0.15) is 24.6 Å². The molecule has 3 rings (SSSR count). The van der Waals surface area contributed by atoms with Crippen LogP contribution in [-0.4, -0.2) is 47.6 Å². The highest BCUT2D eigenvalue weighted by molar-refractivity contribution is 7.81. The molecule has 8 heteroatoms. The van der Waals surface area contributed by atoms with Crippen molar-refractivity contribution in [1.29, 1.82) is 0 Å². The molecule has 1 atom stereocenters. The Bertz CT molecular complexity index is 661. The minimum atomic E-state index is -0.891. The third-order valence-electron chi connectivity index (χ3n) is 3.83. The molecule has 2 aromatic heterocycles. The molecule has 1 fully saturated rings. The van der Waals surface area contributed by atoms with E-state index in [2.05, 4.69) is 15.1 Å². The van der Waals surface area contributed by atoms with Gasteiger partial charge >= 0.3 is 0 Å². The molecule has 1 aliphatic rings. The largest absolute Gasteiger partial charge is 0.383 e. The fourth-order valence-corrected chi connectivity index (χ4v) is 3.49. The zero-order valence-corrected chi connectivity index (χ0v) is 12.4. The fourth-order valence-electron chi connectivity index (χ4n) is 2.77. The molecule has 108 valence electrons. The van der Waals surface area contributed by atoms with Crippen LogP contribution in [0, 0.1) is 6.92 Å². The molecule has 1 aliphatic heterocycles. The average Bonchev–Trinajstić information content (AvgIpc) is 2.77. The van der Waals surface area contributed by atoms with Gasteiger partial charge in [0, 0.05) is 19.3 Å². The predicted molar refractivity (Wildman–Crippen MR) is 78.4 cm³/mol. The number of nitrogen functional groups attached to an aromatic ring is 1. The van der Waals surface area contributed by atoms with Gasteiger partial charge in [-0.15, -0.1) is 0 Å². The molecule has 0 radical (unpaired) electrons. The van der Waals surface area contributed by atoms with E-state index in [4.69, 9.17) is 5.73 Å². The number of fused-ring (bicyclic) bond motifs is 1. The van der Waals surface area contributed by atoms with Crippen LogP contribution in [0.15, 0.2) is 6.33 Å². The van der Waals surface area contributed by atoms with Gasteiger partial charge in [-0.1, -0.05) is 0 Å². The van der Waals surface area contributed by atoms with Crippen molar-refractivity contribution >= 4 is 27.8 Å². The molecule has 0 saturated carbocycles. The monoisotopic (exact) mass is 294 g/mol. The number of hydrogen-bond donors (Lipinski definition) is 1. The quantitative estimate of drug-likeness (QED) is 0.878. The molecular weight excluding hydrogens is 276 g/mol. The second kappa shape index (κ2) is 5.10. The number of piperidine rings is 1. The molecule has 20 heavy (non-hydrogen) atoms. The number of aromatic nitrogens is 4. The Morgan fingerprint density at radius 1 is 1.35 bits per heavy atom. The number of rotatable bonds is 2. The first-order chi connectivity index (χ1) is 9.58. The summed E-state index contributed by atoms with van der Waals surface area (Å²) < 4.78 is 15.4. The first-order valence-corrected chi connectivity index (χ1v) is 8.13. The average molecular weight is 294 g/mol. The van der Waals surface area contributed by atoms with Crippen molar-refractivity contribution in [1.82, 2.24) is 24.1 Å². The van der Waals surface area contributed by atoms with Crippen molar-refractivity contribution in [3.05, 3.63) is 12.0 Å². The van der Waals surface area contributed by atoms with Crippen LogP contribution >= 0.6 is 0 Å². The highest BCUT2D eigenvalue weighted by atomic mass is 32.2. The maximum atomic E-state index is 11.5. The Balaban J connectivity index is 1.92. The Kier molecular flexibility index (Phi) is 3.43. The van der Waals surface area contributed by atoms with Gasteiger partial charge in [-0.05, 0) is 19.8 Å². The lowest BCUT2D eigenvalue weighted by molar-refractivity contribution is 0.273. The number of aryl methyl sites for hydroxylation is 1. The van der Waals surface area contributed by atoms with Crippen LogP contribution in [-0.2, 0) is 11.0 Å². The summed E-state index contributed by atoms with van der Waals surface area (Å²) in [5, 5.41) is 5.43. The lowest BCUT2D eigenvalue weighted by Gasteiger charge is -2.30. The molecule has 0 aromatic carbocycles. The van der Waals surface area contributed by atoms with Crippen molar-refractivity contribution in [3.63, 3.8) is 0 Å². The van der Waals surface area contributed by atoms with Crippen LogP contribution in [0.25, 0.3) is 11.0 Å². The van der Waals surface area contributed by atoms with E-state index in [1.165, 1.54) is 6.33 Å². The van der Waals surface area contributed by atoms with Crippen molar-refractivity contribution in [2.45, 2.75) is 25.8 Å². The summed E-state index contributed by atoms with van der Waals surface area (Å²) in [5.41, 5.74) is 7.57. The van der Waals surface area contributed by atoms with Gasteiger partial charge in [0.05, 0.1) is 28.1 Å². The van der Waals surface area contributed by atoms with Gasteiger partial charge in [-0.3, -0.25) is 0 Å². The lowest BCUT2D eigenvalue weighted by Crippen LogP contribution is -2.35. The Hall–Kier alpha value is -1.54. The fraction of sp³-hybridized carbons (Fsp3) is 0.583. The standard InChI is InChI=1S/C12H18N6OS/c1-8-10-11(13)14-7-15-12(10)18(16-8)9-3-5-17(6-4-9)20(2)19/h7,9H,3-6H2,1-2H3,(H2,13,14,15). The summed E-state index contributed by atoms with van der Waals surface area (Å²) in [5.74, 6) is 0.478. The molecule has 0 bridgehead atoms. The lowest BCUT2D eigenvalue weighted by atomic mass is 10.1. The van der Waals surface area contributed by atoms with Gasteiger partial charge in [-0.25, -0.2) is 23.2 Å². The number of nitrogens with zero attached hydrogens (tertiary/aromatic N) is 5.